The third-order valence-corrected chi connectivity index (χ3v) is 4.10. The van der Waals surface area contributed by atoms with Crippen molar-refractivity contribution < 1.29 is 9.21 Å². The number of oxazole rings is 1. The molecule has 3 heterocycles. The summed E-state index contributed by atoms with van der Waals surface area (Å²) in [6, 6.07) is 14.2. The molecule has 0 unspecified atom stereocenters. The van der Waals surface area contributed by atoms with Gasteiger partial charge >= 0.3 is 0 Å². The van der Waals surface area contributed by atoms with Crippen LogP contribution in [0.1, 0.15) is 16.1 Å². The second-order valence-corrected chi connectivity index (χ2v) is 5.91. The minimum absolute atomic E-state index is 0.213. The maximum atomic E-state index is 12.4. The highest BCUT2D eigenvalue weighted by atomic mass is 35.5. The van der Waals surface area contributed by atoms with Gasteiger partial charge < -0.3 is 9.73 Å². The zero-order valence-corrected chi connectivity index (χ0v) is 14.3. The number of hydrogen-bond donors (Lipinski definition) is 1. The van der Waals surface area contributed by atoms with E-state index in [2.05, 4.69) is 20.3 Å². The summed E-state index contributed by atoms with van der Waals surface area (Å²) in [5.41, 5.74) is 3.02. The lowest BCUT2D eigenvalue weighted by molar-refractivity contribution is 0.0950. The van der Waals surface area contributed by atoms with E-state index in [9.17, 15) is 4.79 Å². The number of benzene rings is 1. The number of halogens is 1. The first-order chi connectivity index (χ1) is 12.7. The van der Waals surface area contributed by atoms with Crippen molar-refractivity contribution in [3.05, 3.63) is 77.3 Å². The average Bonchev–Trinajstić information content (AvgIpc) is 3.10. The molecule has 0 radical (unpaired) electrons. The molecule has 0 spiro atoms. The first-order valence-electron chi connectivity index (χ1n) is 7.90. The molecule has 0 aliphatic carbocycles. The molecule has 1 amide bonds. The number of nitrogens with one attached hydrogen (secondary N) is 1. The number of pyridine rings is 2. The van der Waals surface area contributed by atoms with Crippen LogP contribution in [-0.4, -0.2) is 20.9 Å². The SMILES string of the molecule is O=C(NCc1ccccn1)c1ccc2nc(-c3cccnc3Cl)oc2c1. The molecule has 0 aliphatic heterocycles. The molecular formula is C19H13ClN4O2. The van der Waals surface area contributed by atoms with Crippen molar-refractivity contribution in [3.63, 3.8) is 0 Å². The van der Waals surface area contributed by atoms with Crippen LogP contribution in [0.3, 0.4) is 0 Å². The molecule has 0 saturated carbocycles. The lowest BCUT2D eigenvalue weighted by atomic mass is 10.2. The molecule has 4 aromatic rings. The molecule has 0 aliphatic rings. The first kappa shape index (κ1) is 16.2. The molecule has 3 aromatic heterocycles. The van der Waals surface area contributed by atoms with Crippen molar-refractivity contribution in [2.24, 2.45) is 0 Å². The van der Waals surface area contributed by atoms with Crippen molar-refractivity contribution in [1.82, 2.24) is 20.3 Å². The van der Waals surface area contributed by atoms with Gasteiger partial charge in [0.05, 0.1) is 17.8 Å². The Morgan fingerprint density at radius 1 is 1.08 bits per heavy atom. The van der Waals surface area contributed by atoms with Gasteiger partial charge in [-0.25, -0.2) is 9.97 Å². The summed E-state index contributed by atoms with van der Waals surface area (Å²) >= 11 is 6.09. The van der Waals surface area contributed by atoms with E-state index in [0.29, 0.717) is 39.8 Å². The summed E-state index contributed by atoms with van der Waals surface area (Å²) in [7, 11) is 0. The molecular weight excluding hydrogens is 352 g/mol. The van der Waals surface area contributed by atoms with E-state index in [1.54, 1.807) is 42.7 Å². The molecule has 0 bridgehead atoms. The first-order valence-corrected chi connectivity index (χ1v) is 8.28. The summed E-state index contributed by atoms with van der Waals surface area (Å²) in [5.74, 6) is 0.152. The van der Waals surface area contributed by atoms with Crippen LogP contribution in [0.15, 0.2) is 65.3 Å². The highest BCUT2D eigenvalue weighted by Gasteiger charge is 2.14. The van der Waals surface area contributed by atoms with Gasteiger partial charge in [-0.2, -0.15) is 0 Å². The van der Waals surface area contributed by atoms with E-state index in [1.165, 1.54) is 0 Å². The van der Waals surface area contributed by atoms with Gasteiger partial charge in [-0.1, -0.05) is 17.7 Å². The van der Waals surface area contributed by atoms with E-state index >= 15 is 0 Å². The van der Waals surface area contributed by atoms with Crippen LogP contribution in [0.25, 0.3) is 22.6 Å². The zero-order valence-electron chi connectivity index (χ0n) is 13.5. The summed E-state index contributed by atoms with van der Waals surface area (Å²) in [6.45, 7) is 0.352. The minimum atomic E-state index is -0.213. The highest BCUT2D eigenvalue weighted by molar-refractivity contribution is 6.31. The number of hydrogen-bond acceptors (Lipinski definition) is 5. The molecule has 128 valence electrons. The molecule has 6 nitrogen and oxygen atoms in total. The van der Waals surface area contributed by atoms with Crippen molar-refractivity contribution in [3.8, 4) is 11.5 Å². The summed E-state index contributed by atoms with van der Waals surface area (Å²) in [6.07, 6.45) is 3.28. The van der Waals surface area contributed by atoms with Crippen LogP contribution in [0.2, 0.25) is 5.15 Å². The Kier molecular flexibility index (Phi) is 4.33. The number of aromatic nitrogens is 3. The second kappa shape index (κ2) is 6.93. The van der Waals surface area contributed by atoms with E-state index in [1.807, 2.05) is 18.2 Å². The van der Waals surface area contributed by atoms with Crippen molar-refractivity contribution in [2.45, 2.75) is 6.54 Å². The maximum absolute atomic E-state index is 12.4. The van der Waals surface area contributed by atoms with Gasteiger partial charge in [0.2, 0.25) is 5.89 Å². The van der Waals surface area contributed by atoms with Crippen LogP contribution in [0.4, 0.5) is 0 Å². The smallest absolute Gasteiger partial charge is 0.251 e. The topological polar surface area (TPSA) is 80.9 Å². The Balaban J connectivity index is 1.57. The van der Waals surface area contributed by atoms with Crippen molar-refractivity contribution in [1.29, 1.82) is 0 Å². The fourth-order valence-electron chi connectivity index (χ4n) is 2.50. The van der Waals surface area contributed by atoms with Gasteiger partial charge in [0, 0.05) is 18.0 Å². The molecule has 1 aromatic carbocycles. The van der Waals surface area contributed by atoms with E-state index < -0.39 is 0 Å². The Bertz CT molecular complexity index is 1080. The molecule has 26 heavy (non-hydrogen) atoms. The second-order valence-electron chi connectivity index (χ2n) is 5.55. The van der Waals surface area contributed by atoms with Gasteiger partial charge in [0.15, 0.2) is 5.58 Å². The van der Waals surface area contributed by atoms with Crippen LogP contribution in [0.5, 0.6) is 0 Å². The molecule has 0 fully saturated rings. The predicted molar refractivity (Wildman–Crippen MR) is 97.7 cm³/mol. The molecule has 1 N–H and O–H groups in total. The molecule has 4 rings (SSSR count). The molecule has 0 atom stereocenters. The molecule has 0 saturated heterocycles. The Morgan fingerprint density at radius 3 is 2.77 bits per heavy atom. The lowest BCUT2D eigenvalue weighted by Gasteiger charge is -2.04. The number of rotatable bonds is 4. The standard InChI is InChI=1S/C19H13ClN4O2/c20-17-14(5-3-9-22-17)19-24-15-7-6-12(10-16(15)26-19)18(25)23-11-13-4-1-2-8-21-13/h1-10H,11H2,(H,23,25). The number of carbonyl (C=O) groups is 1. The number of fused-ring (bicyclic) bond motifs is 1. The van der Waals surface area contributed by atoms with Crippen LogP contribution in [0, 0.1) is 0 Å². The summed E-state index contributed by atoms with van der Waals surface area (Å²) in [5, 5.41) is 3.15. The Hall–Kier alpha value is -3.25. The van der Waals surface area contributed by atoms with E-state index in [0.717, 1.165) is 5.69 Å². The quantitative estimate of drug-likeness (QED) is 0.556. The largest absolute Gasteiger partial charge is 0.436 e. The fraction of sp³-hybridized carbons (Fsp3) is 0.0526. The van der Waals surface area contributed by atoms with Crippen LogP contribution >= 0.6 is 11.6 Å². The summed E-state index contributed by atoms with van der Waals surface area (Å²) < 4.78 is 5.76. The number of carbonyl (C=O) groups excluding carboxylic acids is 1. The van der Waals surface area contributed by atoms with Gasteiger partial charge in [-0.3, -0.25) is 9.78 Å². The third-order valence-electron chi connectivity index (χ3n) is 3.80. The fourth-order valence-corrected chi connectivity index (χ4v) is 2.70. The maximum Gasteiger partial charge on any atom is 0.251 e. The van der Waals surface area contributed by atoms with Gasteiger partial charge in [0.1, 0.15) is 10.7 Å². The van der Waals surface area contributed by atoms with Crippen LogP contribution < -0.4 is 5.32 Å². The van der Waals surface area contributed by atoms with Gasteiger partial charge in [-0.05, 0) is 42.5 Å². The van der Waals surface area contributed by atoms with E-state index in [-0.39, 0.29) is 5.91 Å². The Morgan fingerprint density at radius 2 is 1.96 bits per heavy atom. The third kappa shape index (κ3) is 3.27. The van der Waals surface area contributed by atoms with Crippen molar-refractivity contribution >= 4 is 28.6 Å². The number of amides is 1. The van der Waals surface area contributed by atoms with E-state index in [4.69, 9.17) is 16.0 Å². The van der Waals surface area contributed by atoms with Crippen molar-refractivity contribution in [2.75, 3.05) is 0 Å². The highest BCUT2D eigenvalue weighted by Crippen LogP contribution is 2.28. The van der Waals surface area contributed by atoms with Crippen LogP contribution in [-0.2, 0) is 6.54 Å². The molecule has 7 heteroatoms. The minimum Gasteiger partial charge on any atom is -0.436 e. The Labute approximate surface area is 153 Å². The summed E-state index contributed by atoms with van der Waals surface area (Å²) in [4.78, 5) is 25.0. The van der Waals surface area contributed by atoms with Gasteiger partial charge in [0.25, 0.3) is 5.91 Å². The monoisotopic (exact) mass is 364 g/mol. The predicted octanol–water partition coefficient (Wildman–Crippen LogP) is 3.87. The lowest BCUT2D eigenvalue weighted by Crippen LogP contribution is -2.23. The van der Waals surface area contributed by atoms with Gasteiger partial charge in [-0.15, -0.1) is 0 Å². The average molecular weight is 365 g/mol. The number of nitrogens with zero attached hydrogens (tertiary/aromatic N) is 3. The zero-order chi connectivity index (χ0) is 17.9. The normalized spacial score (nSPS) is 10.8.